The molecule has 2 rings (SSSR count). The predicted molar refractivity (Wildman–Crippen MR) is 79.1 cm³/mol. The molecule has 0 spiro atoms. The molecule has 2 heteroatoms. The highest BCUT2D eigenvalue weighted by atomic mass is 16.1. The van der Waals surface area contributed by atoms with Crippen molar-refractivity contribution >= 4 is 5.91 Å². The molecular formula is C17H25NO. The van der Waals surface area contributed by atoms with E-state index in [1.54, 1.807) is 0 Å². The van der Waals surface area contributed by atoms with E-state index >= 15 is 0 Å². The number of hydrogen-bond donors (Lipinski definition) is 1. The van der Waals surface area contributed by atoms with Crippen LogP contribution in [0.1, 0.15) is 50.7 Å². The molecule has 1 amide bonds. The molecule has 0 aliphatic heterocycles. The second kappa shape index (κ2) is 6.23. The minimum absolute atomic E-state index is 0.198. The highest BCUT2D eigenvalue weighted by Crippen LogP contribution is 2.36. The van der Waals surface area contributed by atoms with Crippen LogP contribution in [-0.4, -0.2) is 12.5 Å². The normalized spacial score (nSPS) is 16.4. The highest BCUT2D eigenvalue weighted by molar-refractivity contribution is 5.78. The van der Waals surface area contributed by atoms with Crippen molar-refractivity contribution in [2.45, 2.75) is 46.0 Å². The molecule has 1 aromatic carbocycles. The third-order valence-corrected chi connectivity index (χ3v) is 4.10. The lowest BCUT2D eigenvalue weighted by atomic mass is 10.0. The number of benzene rings is 1. The minimum atomic E-state index is 0.198. The number of carbonyl (C=O) groups is 1. The molecule has 0 heterocycles. The van der Waals surface area contributed by atoms with Crippen LogP contribution in [0.25, 0.3) is 0 Å². The van der Waals surface area contributed by atoms with E-state index in [2.05, 4.69) is 43.4 Å². The van der Waals surface area contributed by atoms with Crippen molar-refractivity contribution in [3.8, 4) is 0 Å². The maximum Gasteiger partial charge on any atom is 0.223 e. The van der Waals surface area contributed by atoms with Crippen LogP contribution in [0.2, 0.25) is 0 Å². The molecule has 0 radical (unpaired) electrons. The van der Waals surface area contributed by atoms with Crippen molar-refractivity contribution in [2.24, 2.45) is 11.8 Å². The van der Waals surface area contributed by atoms with Crippen molar-refractivity contribution < 1.29 is 4.79 Å². The predicted octanol–water partition coefficient (Wildman–Crippen LogP) is 3.51. The Morgan fingerprint density at radius 1 is 1.21 bits per heavy atom. The van der Waals surface area contributed by atoms with Gasteiger partial charge in [0.1, 0.15) is 0 Å². The van der Waals surface area contributed by atoms with Gasteiger partial charge in [0.15, 0.2) is 0 Å². The van der Waals surface area contributed by atoms with Gasteiger partial charge in [0.05, 0.1) is 0 Å². The molecule has 1 aromatic rings. The molecule has 1 saturated carbocycles. The molecule has 1 fully saturated rings. The third kappa shape index (κ3) is 4.09. The Labute approximate surface area is 116 Å². The Morgan fingerprint density at radius 2 is 1.84 bits per heavy atom. The Hall–Kier alpha value is -1.31. The SMILES string of the molecule is CC(C)c1ccc(CCNC(=O)C(C)C2CC2)cc1. The third-order valence-electron chi connectivity index (χ3n) is 4.10. The van der Waals surface area contributed by atoms with E-state index in [4.69, 9.17) is 0 Å². The van der Waals surface area contributed by atoms with Crippen molar-refractivity contribution in [3.63, 3.8) is 0 Å². The summed E-state index contributed by atoms with van der Waals surface area (Å²) in [5.41, 5.74) is 2.67. The van der Waals surface area contributed by atoms with Crippen LogP contribution in [0, 0.1) is 11.8 Å². The number of hydrogen-bond acceptors (Lipinski definition) is 1. The van der Waals surface area contributed by atoms with Gasteiger partial charge in [-0.05, 0) is 42.2 Å². The summed E-state index contributed by atoms with van der Waals surface area (Å²) >= 11 is 0. The summed E-state index contributed by atoms with van der Waals surface area (Å²) in [5, 5.41) is 3.05. The Kier molecular flexibility index (Phi) is 4.62. The zero-order valence-corrected chi connectivity index (χ0v) is 12.3. The van der Waals surface area contributed by atoms with Crippen LogP contribution in [0.4, 0.5) is 0 Å². The molecule has 2 nitrogen and oxygen atoms in total. The number of amides is 1. The van der Waals surface area contributed by atoms with Crippen molar-refractivity contribution in [3.05, 3.63) is 35.4 Å². The lowest BCUT2D eigenvalue weighted by Crippen LogP contribution is -2.31. The van der Waals surface area contributed by atoms with E-state index < -0.39 is 0 Å². The molecule has 104 valence electrons. The maximum atomic E-state index is 11.8. The average molecular weight is 259 g/mol. The van der Waals surface area contributed by atoms with E-state index in [-0.39, 0.29) is 11.8 Å². The van der Waals surface area contributed by atoms with Crippen LogP contribution < -0.4 is 5.32 Å². The van der Waals surface area contributed by atoms with Crippen LogP contribution in [0.5, 0.6) is 0 Å². The van der Waals surface area contributed by atoms with Gasteiger partial charge in [-0.2, -0.15) is 0 Å². The summed E-state index contributed by atoms with van der Waals surface area (Å²) in [6, 6.07) is 8.72. The number of carbonyl (C=O) groups excluding carboxylic acids is 1. The zero-order valence-electron chi connectivity index (χ0n) is 12.3. The lowest BCUT2D eigenvalue weighted by molar-refractivity contribution is -0.125. The Bertz CT molecular complexity index is 417. The fourth-order valence-electron chi connectivity index (χ4n) is 2.37. The summed E-state index contributed by atoms with van der Waals surface area (Å²) in [4.78, 5) is 11.8. The molecule has 0 saturated heterocycles. The number of nitrogens with one attached hydrogen (secondary N) is 1. The van der Waals surface area contributed by atoms with Gasteiger partial charge in [-0.25, -0.2) is 0 Å². The van der Waals surface area contributed by atoms with Crippen molar-refractivity contribution in [1.82, 2.24) is 5.32 Å². The Balaban J connectivity index is 1.74. The first-order valence-corrected chi connectivity index (χ1v) is 7.44. The maximum absolute atomic E-state index is 11.8. The molecule has 19 heavy (non-hydrogen) atoms. The molecular weight excluding hydrogens is 234 g/mol. The largest absolute Gasteiger partial charge is 0.356 e. The van der Waals surface area contributed by atoms with E-state index in [1.165, 1.54) is 24.0 Å². The second-order valence-electron chi connectivity index (χ2n) is 6.06. The Morgan fingerprint density at radius 3 is 2.37 bits per heavy atom. The highest BCUT2D eigenvalue weighted by Gasteiger charge is 2.32. The van der Waals surface area contributed by atoms with Crippen molar-refractivity contribution in [1.29, 1.82) is 0 Å². The summed E-state index contributed by atoms with van der Waals surface area (Å²) in [7, 11) is 0. The van der Waals surface area contributed by atoms with Gasteiger partial charge in [0.25, 0.3) is 0 Å². The van der Waals surface area contributed by atoms with Crippen LogP contribution >= 0.6 is 0 Å². The first-order valence-electron chi connectivity index (χ1n) is 7.44. The average Bonchev–Trinajstić information content (AvgIpc) is 3.22. The fourth-order valence-corrected chi connectivity index (χ4v) is 2.37. The first-order chi connectivity index (χ1) is 9.08. The quantitative estimate of drug-likeness (QED) is 0.832. The van der Waals surface area contributed by atoms with Gasteiger partial charge in [-0.3, -0.25) is 4.79 Å². The molecule has 0 aromatic heterocycles. The molecule has 1 aliphatic carbocycles. The van der Waals surface area contributed by atoms with E-state index in [0.717, 1.165) is 13.0 Å². The summed E-state index contributed by atoms with van der Waals surface area (Å²) in [6.07, 6.45) is 3.37. The summed E-state index contributed by atoms with van der Waals surface area (Å²) in [6.45, 7) is 7.20. The first kappa shape index (κ1) is 14.1. The minimum Gasteiger partial charge on any atom is -0.356 e. The molecule has 0 bridgehead atoms. The molecule has 1 aliphatic rings. The standard InChI is InChI=1S/C17H25NO/c1-12(2)15-6-4-14(5-7-15)10-11-18-17(19)13(3)16-8-9-16/h4-7,12-13,16H,8-11H2,1-3H3,(H,18,19). The summed E-state index contributed by atoms with van der Waals surface area (Å²) in [5.74, 6) is 1.64. The van der Waals surface area contributed by atoms with Crippen molar-refractivity contribution in [2.75, 3.05) is 6.54 Å². The molecule has 1 N–H and O–H groups in total. The van der Waals surface area contributed by atoms with Crippen LogP contribution in [0.3, 0.4) is 0 Å². The topological polar surface area (TPSA) is 29.1 Å². The van der Waals surface area contributed by atoms with Gasteiger partial charge in [0.2, 0.25) is 5.91 Å². The fraction of sp³-hybridized carbons (Fsp3) is 0.588. The van der Waals surface area contributed by atoms with E-state index in [0.29, 0.717) is 11.8 Å². The lowest BCUT2D eigenvalue weighted by Gasteiger charge is -2.11. The molecule has 1 unspecified atom stereocenters. The second-order valence-corrected chi connectivity index (χ2v) is 6.06. The van der Waals surface area contributed by atoms with Crippen LogP contribution in [0.15, 0.2) is 24.3 Å². The van der Waals surface area contributed by atoms with E-state index in [9.17, 15) is 4.79 Å². The van der Waals surface area contributed by atoms with Gasteiger partial charge in [0, 0.05) is 12.5 Å². The summed E-state index contributed by atoms with van der Waals surface area (Å²) < 4.78 is 0. The zero-order chi connectivity index (χ0) is 13.8. The number of rotatable bonds is 6. The van der Waals surface area contributed by atoms with Gasteiger partial charge < -0.3 is 5.32 Å². The van der Waals surface area contributed by atoms with Gasteiger partial charge in [-0.15, -0.1) is 0 Å². The van der Waals surface area contributed by atoms with Gasteiger partial charge >= 0.3 is 0 Å². The van der Waals surface area contributed by atoms with Crippen LogP contribution in [-0.2, 0) is 11.2 Å². The van der Waals surface area contributed by atoms with E-state index in [1.807, 2.05) is 6.92 Å². The smallest absolute Gasteiger partial charge is 0.223 e. The monoisotopic (exact) mass is 259 g/mol. The van der Waals surface area contributed by atoms with Gasteiger partial charge in [-0.1, -0.05) is 45.0 Å². The molecule has 1 atom stereocenters.